The van der Waals surface area contributed by atoms with Gasteiger partial charge in [-0.1, -0.05) is 65.7 Å². The van der Waals surface area contributed by atoms with Crippen LogP contribution in [0.1, 0.15) is 24.4 Å². The van der Waals surface area contributed by atoms with E-state index < -0.39 is 0 Å². The average molecular weight is 397 g/mol. The second-order valence-corrected chi connectivity index (χ2v) is 7.18. The van der Waals surface area contributed by atoms with Crippen molar-refractivity contribution in [3.8, 4) is 5.75 Å². The van der Waals surface area contributed by atoms with Gasteiger partial charge in [-0.3, -0.25) is 0 Å². The zero-order valence-corrected chi connectivity index (χ0v) is 16.3. The highest BCUT2D eigenvalue weighted by Gasteiger charge is 2.18. The molecule has 136 valence electrons. The standard InChI is InChI=1S/C22H18Cl2N2O/c1-15(16-7-3-2-4-8-16)26-20-10-6-5-9-19(20)25-22(26)14-27-21-12-11-17(23)13-18(21)24/h2-13,15H,14H2,1H3/t15-/m1/s1. The fourth-order valence-corrected chi connectivity index (χ4v) is 3.71. The maximum absolute atomic E-state index is 6.24. The van der Waals surface area contributed by atoms with Crippen molar-refractivity contribution in [1.29, 1.82) is 0 Å². The number of fused-ring (bicyclic) bond motifs is 1. The molecule has 0 radical (unpaired) electrons. The van der Waals surface area contributed by atoms with E-state index in [9.17, 15) is 0 Å². The Balaban J connectivity index is 1.72. The lowest BCUT2D eigenvalue weighted by molar-refractivity contribution is 0.289. The Bertz CT molecular complexity index is 1080. The average Bonchev–Trinajstić information content (AvgIpc) is 3.06. The van der Waals surface area contributed by atoms with Gasteiger partial charge in [0.05, 0.1) is 22.1 Å². The van der Waals surface area contributed by atoms with Crippen LogP contribution in [0.5, 0.6) is 5.75 Å². The van der Waals surface area contributed by atoms with Crippen LogP contribution in [-0.2, 0) is 6.61 Å². The summed E-state index contributed by atoms with van der Waals surface area (Å²) in [6.45, 7) is 2.48. The van der Waals surface area contributed by atoms with Gasteiger partial charge in [0.1, 0.15) is 18.2 Å². The molecule has 27 heavy (non-hydrogen) atoms. The molecule has 0 bridgehead atoms. The minimum Gasteiger partial charge on any atom is -0.484 e. The van der Waals surface area contributed by atoms with Crippen LogP contribution in [-0.4, -0.2) is 9.55 Å². The summed E-state index contributed by atoms with van der Waals surface area (Å²) in [6.07, 6.45) is 0. The SMILES string of the molecule is C[C@H](c1ccccc1)n1c(COc2ccc(Cl)cc2Cl)nc2ccccc21. The number of nitrogens with zero attached hydrogens (tertiary/aromatic N) is 2. The van der Waals surface area contributed by atoms with Gasteiger partial charge in [-0.2, -0.15) is 0 Å². The van der Waals surface area contributed by atoms with Crippen molar-refractivity contribution in [3.05, 3.63) is 94.2 Å². The van der Waals surface area contributed by atoms with Gasteiger partial charge in [0.25, 0.3) is 0 Å². The normalized spacial score (nSPS) is 12.3. The van der Waals surface area contributed by atoms with Crippen molar-refractivity contribution in [1.82, 2.24) is 9.55 Å². The van der Waals surface area contributed by atoms with Gasteiger partial charge in [-0.05, 0) is 42.8 Å². The first-order valence-electron chi connectivity index (χ1n) is 8.72. The predicted molar refractivity (Wildman–Crippen MR) is 111 cm³/mol. The maximum atomic E-state index is 6.24. The maximum Gasteiger partial charge on any atom is 0.148 e. The molecule has 0 unspecified atom stereocenters. The Kier molecular flexibility index (Phi) is 5.06. The van der Waals surface area contributed by atoms with E-state index in [1.807, 2.05) is 24.3 Å². The molecule has 0 spiro atoms. The summed E-state index contributed by atoms with van der Waals surface area (Å²) in [5, 5.41) is 1.07. The number of hydrogen-bond acceptors (Lipinski definition) is 2. The number of aromatic nitrogens is 2. The lowest BCUT2D eigenvalue weighted by atomic mass is 10.1. The zero-order valence-electron chi connectivity index (χ0n) is 14.8. The third kappa shape index (κ3) is 3.66. The fraction of sp³-hybridized carbons (Fsp3) is 0.136. The van der Waals surface area contributed by atoms with Gasteiger partial charge in [0.2, 0.25) is 0 Å². The van der Waals surface area contributed by atoms with E-state index >= 15 is 0 Å². The first kappa shape index (κ1) is 17.9. The molecular formula is C22H18Cl2N2O. The van der Waals surface area contributed by atoms with Crippen molar-refractivity contribution in [2.75, 3.05) is 0 Å². The van der Waals surface area contributed by atoms with Gasteiger partial charge in [0.15, 0.2) is 0 Å². The van der Waals surface area contributed by atoms with Crippen LogP contribution in [0, 0.1) is 0 Å². The molecule has 0 amide bonds. The van der Waals surface area contributed by atoms with Crippen molar-refractivity contribution >= 4 is 34.2 Å². The molecule has 0 aliphatic rings. The Hall–Kier alpha value is -2.49. The van der Waals surface area contributed by atoms with E-state index in [2.05, 4.69) is 41.8 Å². The highest BCUT2D eigenvalue weighted by atomic mass is 35.5. The number of hydrogen-bond donors (Lipinski definition) is 0. The molecular weight excluding hydrogens is 379 g/mol. The Morgan fingerprint density at radius 3 is 2.48 bits per heavy atom. The summed E-state index contributed by atoms with van der Waals surface area (Å²) in [4.78, 5) is 4.79. The van der Waals surface area contributed by atoms with Crippen LogP contribution in [0.25, 0.3) is 11.0 Å². The summed E-state index contributed by atoms with van der Waals surface area (Å²) >= 11 is 12.2. The molecule has 4 rings (SSSR count). The molecule has 0 saturated heterocycles. The minimum absolute atomic E-state index is 0.123. The number of halogens is 2. The van der Waals surface area contributed by atoms with E-state index in [-0.39, 0.29) is 6.04 Å². The molecule has 0 aliphatic heterocycles. The molecule has 0 saturated carbocycles. The molecule has 1 atom stereocenters. The zero-order chi connectivity index (χ0) is 18.8. The van der Waals surface area contributed by atoms with Crippen LogP contribution in [0.2, 0.25) is 10.0 Å². The summed E-state index contributed by atoms with van der Waals surface area (Å²) in [5.74, 6) is 1.44. The third-order valence-corrected chi connectivity index (χ3v) is 5.12. The molecule has 5 heteroatoms. The van der Waals surface area contributed by atoms with E-state index in [4.69, 9.17) is 32.9 Å². The van der Waals surface area contributed by atoms with Gasteiger partial charge in [-0.15, -0.1) is 0 Å². The van der Waals surface area contributed by atoms with E-state index in [1.165, 1.54) is 5.56 Å². The molecule has 0 fully saturated rings. The van der Waals surface area contributed by atoms with Crippen LogP contribution in [0.15, 0.2) is 72.8 Å². The summed E-state index contributed by atoms with van der Waals surface area (Å²) in [6, 6.07) is 23.8. The monoisotopic (exact) mass is 396 g/mol. The topological polar surface area (TPSA) is 27.1 Å². The molecule has 4 aromatic rings. The van der Waals surface area contributed by atoms with Gasteiger partial charge < -0.3 is 9.30 Å². The number of imidazole rings is 1. The predicted octanol–water partition coefficient (Wildman–Crippen LogP) is 6.53. The van der Waals surface area contributed by atoms with Crippen molar-refractivity contribution in [2.24, 2.45) is 0 Å². The molecule has 0 N–H and O–H groups in total. The van der Waals surface area contributed by atoms with Crippen molar-refractivity contribution in [3.63, 3.8) is 0 Å². The Morgan fingerprint density at radius 1 is 0.963 bits per heavy atom. The summed E-state index contributed by atoms with van der Waals surface area (Å²) in [7, 11) is 0. The highest BCUT2D eigenvalue weighted by Crippen LogP contribution is 2.30. The number of ether oxygens (including phenoxy) is 1. The highest BCUT2D eigenvalue weighted by molar-refractivity contribution is 6.35. The van der Waals surface area contributed by atoms with Crippen LogP contribution in [0.3, 0.4) is 0 Å². The van der Waals surface area contributed by atoms with Gasteiger partial charge >= 0.3 is 0 Å². The Morgan fingerprint density at radius 2 is 1.70 bits per heavy atom. The number of rotatable bonds is 5. The van der Waals surface area contributed by atoms with Crippen molar-refractivity contribution < 1.29 is 4.74 Å². The second-order valence-electron chi connectivity index (χ2n) is 6.34. The summed E-state index contributed by atoms with van der Waals surface area (Å²) in [5.41, 5.74) is 3.24. The van der Waals surface area contributed by atoms with E-state index in [1.54, 1.807) is 18.2 Å². The molecule has 1 heterocycles. The Labute approximate surface area is 168 Å². The van der Waals surface area contributed by atoms with E-state index in [0.29, 0.717) is 22.4 Å². The first-order valence-corrected chi connectivity index (χ1v) is 9.47. The molecule has 1 aromatic heterocycles. The molecule has 0 aliphatic carbocycles. The lowest BCUT2D eigenvalue weighted by Gasteiger charge is -2.18. The summed E-state index contributed by atoms with van der Waals surface area (Å²) < 4.78 is 8.18. The van der Waals surface area contributed by atoms with Crippen molar-refractivity contribution in [2.45, 2.75) is 19.6 Å². The van der Waals surface area contributed by atoms with Gasteiger partial charge in [0, 0.05) is 5.02 Å². The largest absolute Gasteiger partial charge is 0.484 e. The minimum atomic E-state index is 0.123. The fourth-order valence-electron chi connectivity index (χ4n) is 3.24. The van der Waals surface area contributed by atoms with Gasteiger partial charge in [-0.25, -0.2) is 4.98 Å². The third-order valence-electron chi connectivity index (χ3n) is 4.59. The smallest absolute Gasteiger partial charge is 0.148 e. The quantitative estimate of drug-likeness (QED) is 0.383. The number of para-hydroxylation sites is 2. The van der Waals surface area contributed by atoms with Crippen LogP contribution < -0.4 is 4.74 Å². The second kappa shape index (κ2) is 7.63. The van der Waals surface area contributed by atoms with Crippen LogP contribution >= 0.6 is 23.2 Å². The van der Waals surface area contributed by atoms with Crippen LogP contribution in [0.4, 0.5) is 0 Å². The number of benzene rings is 3. The first-order chi connectivity index (χ1) is 13.1. The molecule has 3 aromatic carbocycles. The molecule has 3 nitrogen and oxygen atoms in total. The lowest BCUT2D eigenvalue weighted by Crippen LogP contribution is -2.12. The van der Waals surface area contributed by atoms with E-state index in [0.717, 1.165) is 16.9 Å².